The number of carbonyl (C=O) groups is 2. The Morgan fingerprint density at radius 1 is 1.56 bits per heavy atom. The van der Waals surface area contributed by atoms with Crippen LogP contribution in [0.2, 0.25) is 0 Å². The molecule has 0 aromatic rings. The van der Waals surface area contributed by atoms with E-state index in [0.29, 0.717) is 0 Å². The van der Waals surface area contributed by atoms with Crippen LogP contribution in [-0.2, 0) is 9.59 Å². The average molecular weight is 127 g/mol. The van der Waals surface area contributed by atoms with Crippen LogP contribution in [-0.4, -0.2) is 11.6 Å². The molecule has 0 aliphatic heterocycles. The molecule has 0 aromatic carbocycles. The van der Waals surface area contributed by atoms with E-state index < -0.39 is 0 Å². The molecule has 2 nitrogen and oxygen atoms in total. The van der Waals surface area contributed by atoms with Crippen LogP contribution in [0.5, 0.6) is 0 Å². The highest BCUT2D eigenvalue weighted by Gasteiger charge is 2.08. The molecule has 0 aromatic heterocycles. The standard InChI is InChI=1S/C7H11O2/c1-5(2)7(9)4-6(3)8/h5H,1,4H2,2-3H3. The van der Waals surface area contributed by atoms with Crippen molar-refractivity contribution in [3.05, 3.63) is 6.92 Å². The van der Waals surface area contributed by atoms with Crippen molar-refractivity contribution in [3.63, 3.8) is 0 Å². The van der Waals surface area contributed by atoms with Gasteiger partial charge in [0.25, 0.3) is 0 Å². The summed E-state index contributed by atoms with van der Waals surface area (Å²) in [7, 11) is 0. The minimum absolute atomic E-state index is 0.0324. The number of Topliss-reactive ketones (excluding diaryl/α,β-unsaturated/α-hetero) is 2. The van der Waals surface area contributed by atoms with Gasteiger partial charge in [-0.25, -0.2) is 0 Å². The summed E-state index contributed by atoms with van der Waals surface area (Å²) in [5.41, 5.74) is 0. The van der Waals surface area contributed by atoms with Gasteiger partial charge in [-0.1, -0.05) is 6.92 Å². The highest BCUT2D eigenvalue weighted by atomic mass is 16.1. The molecular weight excluding hydrogens is 116 g/mol. The highest BCUT2D eigenvalue weighted by molar-refractivity contribution is 5.99. The van der Waals surface area contributed by atoms with Crippen LogP contribution in [0.15, 0.2) is 0 Å². The van der Waals surface area contributed by atoms with Crippen molar-refractivity contribution in [3.8, 4) is 0 Å². The van der Waals surface area contributed by atoms with Crippen LogP contribution in [0, 0.1) is 12.8 Å². The Bertz CT molecular complexity index is 125. The first-order chi connectivity index (χ1) is 4.04. The lowest BCUT2D eigenvalue weighted by Gasteiger charge is -1.98. The van der Waals surface area contributed by atoms with Crippen LogP contribution in [0.3, 0.4) is 0 Å². The second-order valence-corrected chi connectivity index (χ2v) is 2.25. The molecule has 0 saturated heterocycles. The first-order valence-corrected chi connectivity index (χ1v) is 2.89. The summed E-state index contributed by atoms with van der Waals surface area (Å²) < 4.78 is 0. The Labute approximate surface area is 55.3 Å². The van der Waals surface area contributed by atoms with Crippen molar-refractivity contribution in [2.24, 2.45) is 5.92 Å². The van der Waals surface area contributed by atoms with Gasteiger partial charge in [0.15, 0.2) is 0 Å². The molecule has 2 heteroatoms. The second kappa shape index (κ2) is 3.38. The molecule has 0 rings (SSSR count). The summed E-state index contributed by atoms with van der Waals surface area (Å²) in [5, 5.41) is 0. The molecule has 0 N–H and O–H groups in total. The second-order valence-electron chi connectivity index (χ2n) is 2.25. The summed E-state index contributed by atoms with van der Waals surface area (Å²) in [4.78, 5) is 21.0. The Hall–Kier alpha value is -0.660. The smallest absolute Gasteiger partial charge is 0.143 e. The van der Waals surface area contributed by atoms with Crippen LogP contribution in [0.1, 0.15) is 20.3 Å². The lowest BCUT2D eigenvalue weighted by molar-refractivity contribution is -0.127. The molecule has 1 atom stereocenters. The van der Waals surface area contributed by atoms with Gasteiger partial charge in [0.2, 0.25) is 0 Å². The summed E-state index contributed by atoms with van der Waals surface area (Å²) in [6, 6.07) is 0. The maximum Gasteiger partial charge on any atom is 0.143 e. The highest BCUT2D eigenvalue weighted by Crippen LogP contribution is 1.97. The quantitative estimate of drug-likeness (QED) is 0.530. The van der Waals surface area contributed by atoms with Crippen molar-refractivity contribution in [2.75, 3.05) is 0 Å². The van der Waals surface area contributed by atoms with Gasteiger partial charge in [0, 0.05) is 5.92 Å². The maximum absolute atomic E-state index is 10.7. The van der Waals surface area contributed by atoms with Gasteiger partial charge in [0.05, 0.1) is 6.42 Å². The van der Waals surface area contributed by atoms with Crippen molar-refractivity contribution in [2.45, 2.75) is 20.3 Å². The van der Waals surface area contributed by atoms with Crippen molar-refractivity contribution >= 4 is 11.6 Å². The number of carbonyl (C=O) groups excluding carboxylic acids is 2. The predicted octanol–water partition coefficient (Wildman–Crippen LogP) is 1.00. The van der Waals surface area contributed by atoms with Gasteiger partial charge in [-0.2, -0.15) is 0 Å². The molecule has 0 aliphatic carbocycles. The lowest BCUT2D eigenvalue weighted by atomic mass is 10.1. The van der Waals surface area contributed by atoms with Crippen LogP contribution in [0.4, 0.5) is 0 Å². The van der Waals surface area contributed by atoms with Gasteiger partial charge in [-0.15, -0.1) is 0 Å². The predicted molar refractivity (Wildman–Crippen MR) is 34.8 cm³/mol. The third kappa shape index (κ3) is 3.88. The molecule has 0 bridgehead atoms. The van der Waals surface area contributed by atoms with E-state index in [4.69, 9.17) is 0 Å². The molecule has 0 amide bonds. The lowest BCUT2D eigenvalue weighted by Crippen LogP contribution is -2.10. The Morgan fingerprint density at radius 3 is 2.11 bits per heavy atom. The average Bonchev–Trinajstić information content (AvgIpc) is 1.63. The third-order valence-corrected chi connectivity index (χ3v) is 0.973. The van der Waals surface area contributed by atoms with Gasteiger partial charge in [0.1, 0.15) is 11.6 Å². The molecule has 51 valence electrons. The zero-order valence-corrected chi connectivity index (χ0v) is 5.81. The minimum atomic E-state index is -0.256. The molecule has 1 unspecified atom stereocenters. The zero-order chi connectivity index (χ0) is 7.44. The maximum atomic E-state index is 10.7. The summed E-state index contributed by atoms with van der Waals surface area (Å²) in [6.45, 7) is 6.58. The van der Waals surface area contributed by atoms with Crippen molar-refractivity contribution in [1.82, 2.24) is 0 Å². The summed E-state index contributed by atoms with van der Waals surface area (Å²) in [6.07, 6.45) is 0.0324. The summed E-state index contributed by atoms with van der Waals surface area (Å²) in [5.74, 6) is -0.424. The van der Waals surface area contributed by atoms with Gasteiger partial charge < -0.3 is 0 Å². The van der Waals surface area contributed by atoms with Gasteiger partial charge in [-0.3, -0.25) is 9.59 Å². The number of hydrogen-bond acceptors (Lipinski definition) is 2. The van der Waals surface area contributed by atoms with E-state index in [0.717, 1.165) is 0 Å². The first kappa shape index (κ1) is 8.34. The van der Waals surface area contributed by atoms with E-state index in [9.17, 15) is 9.59 Å². The SMILES string of the molecule is [CH2]C(C)C(=O)CC(C)=O. The first-order valence-electron chi connectivity index (χ1n) is 2.89. The van der Waals surface area contributed by atoms with Crippen LogP contribution < -0.4 is 0 Å². The van der Waals surface area contributed by atoms with E-state index in [1.165, 1.54) is 6.92 Å². The molecular formula is C7H11O2. The molecule has 0 spiro atoms. The van der Waals surface area contributed by atoms with Gasteiger partial charge >= 0.3 is 0 Å². The number of ketones is 2. The number of hydrogen-bond donors (Lipinski definition) is 0. The fourth-order valence-electron chi connectivity index (χ4n) is 0.420. The normalized spacial score (nSPS) is 9.78. The topological polar surface area (TPSA) is 34.1 Å². The third-order valence-electron chi connectivity index (χ3n) is 0.973. The minimum Gasteiger partial charge on any atom is -0.300 e. The molecule has 1 radical (unpaired) electrons. The van der Waals surface area contributed by atoms with E-state index in [1.54, 1.807) is 6.92 Å². The molecule has 0 saturated carbocycles. The molecule has 0 aliphatic rings. The van der Waals surface area contributed by atoms with Crippen molar-refractivity contribution < 1.29 is 9.59 Å². The molecule has 0 fully saturated rings. The van der Waals surface area contributed by atoms with Crippen molar-refractivity contribution in [1.29, 1.82) is 0 Å². The van der Waals surface area contributed by atoms with E-state index in [-0.39, 0.29) is 23.9 Å². The Morgan fingerprint density at radius 2 is 2.00 bits per heavy atom. The monoisotopic (exact) mass is 127 g/mol. The van der Waals surface area contributed by atoms with E-state index >= 15 is 0 Å². The fourth-order valence-corrected chi connectivity index (χ4v) is 0.420. The van der Waals surface area contributed by atoms with Gasteiger partial charge in [-0.05, 0) is 13.8 Å². The Balaban J connectivity index is 3.64. The van der Waals surface area contributed by atoms with Crippen LogP contribution >= 0.6 is 0 Å². The largest absolute Gasteiger partial charge is 0.300 e. The molecule has 9 heavy (non-hydrogen) atoms. The Kier molecular flexibility index (Phi) is 3.13. The summed E-state index contributed by atoms with van der Waals surface area (Å²) >= 11 is 0. The van der Waals surface area contributed by atoms with E-state index in [1.807, 2.05) is 0 Å². The van der Waals surface area contributed by atoms with E-state index in [2.05, 4.69) is 6.92 Å². The van der Waals surface area contributed by atoms with Crippen LogP contribution in [0.25, 0.3) is 0 Å². The number of rotatable bonds is 3. The fraction of sp³-hybridized carbons (Fsp3) is 0.571. The molecule has 0 heterocycles. The zero-order valence-electron chi connectivity index (χ0n) is 5.81.